The maximum atomic E-state index is 12.4. The van der Waals surface area contributed by atoms with Crippen molar-refractivity contribution in [3.05, 3.63) is 0 Å². The molecule has 0 aromatic rings. The minimum absolute atomic E-state index is 0.129. The van der Waals surface area contributed by atoms with Crippen molar-refractivity contribution < 1.29 is 19.8 Å². The Bertz CT molecular complexity index is 328. The average Bonchev–Trinajstić information content (AvgIpc) is 2.34. The molecule has 0 aromatic heterocycles. The molecule has 0 aliphatic rings. The number of nitrogens with zero attached hydrogens (tertiary/aromatic N) is 2. The minimum Gasteiger partial charge on any atom is -0.380 e. The smallest absolute Gasteiger partial charge is 0.255 e. The molecule has 0 rings (SSSR count). The first-order valence-corrected chi connectivity index (χ1v) is 7.93. The molecule has 2 amide bonds. The van der Waals surface area contributed by atoms with E-state index in [-0.39, 0.29) is 24.2 Å². The van der Waals surface area contributed by atoms with Gasteiger partial charge in [0.05, 0.1) is 0 Å². The molecule has 0 saturated carbocycles. The van der Waals surface area contributed by atoms with E-state index in [1.54, 1.807) is 0 Å². The fraction of sp³-hybridized carbons (Fsp3) is 0.875. The summed E-state index contributed by atoms with van der Waals surface area (Å²) in [6, 6.07) is -0.516. The van der Waals surface area contributed by atoms with Crippen LogP contribution in [0.25, 0.3) is 0 Å². The van der Waals surface area contributed by atoms with Crippen LogP contribution in [0.5, 0.6) is 0 Å². The van der Waals surface area contributed by atoms with Crippen LogP contribution in [0.4, 0.5) is 0 Å². The van der Waals surface area contributed by atoms with E-state index in [9.17, 15) is 19.8 Å². The largest absolute Gasteiger partial charge is 0.380 e. The molecule has 0 aliphatic carbocycles. The number of carbonyl (C=O) groups is 2. The van der Waals surface area contributed by atoms with Crippen LogP contribution in [-0.4, -0.2) is 68.2 Å². The van der Waals surface area contributed by atoms with E-state index < -0.39 is 24.0 Å². The molecule has 0 radical (unpaired) electrons. The van der Waals surface area contributed by atoms with Gasteiger partial charge in [0.25, 0.3) is 11.8 Å². The van der Waals surface area contributed by atoms with Crippen LogP contribution in [0, 0.1) is 0 Å². The number of aliphatic hydroxyl groups is 2. The Labute approximate surface area is 134 Å². The number of carbonyl (C=O) groups excluding carboxylic acids is 2. The molecule has 2 atom stereocenters. The molecule has 2 N–H and O–H groups in total. The molecule has 0 fully saturated rings. The van der Waals surface area contributed by atoms with Gasteiger partial charge in [-0.05, 0) is 55.4 Å². The lowest BCUT2D eigenvalue weighted by atomic mass is 10.1. The number of hydrogen-bond donors (Lipinski definition) is 2. The molecule has 0 saturated heterocycles. The molecule has 6 nitrogen and oxygen atoms in total. The zero-order valence-electron chi connectivity index (χ0n) is 15.1. The Morgan fingerprint density at radius 3 is 0.909 bits per heavy atom. The van der Waals surface area contributed by atoms with E-state index >= 15 is 0 Å². The lowest BCUT2D eigenvalue weighted by Crippen LogP contribution is -2.56. The molecule has 6 heteroatoms. The van der Waals surface area contributed by atoms with Gasteiger partial charge in [0, 0.05) is 24.2 Å². The number of hydrogen-bond acceptors (Lipinski definition) is 4. The maximum Gasteiger partial charge on any atom is 0.255 e. The van der Waals surface area contributed by atoms with E-state index in [2.05, 4.69) is 0 Å². The van der Waals surface area contributed by atoms with Crippen LogP contribution in [0.2, 0.25) is 0 Å². The summed E-state index contributed by atoms with van der Waals surface area (Å²) < 4.78 is 0. The van der Waals surface area contributed by atoms with E-state index in [0.29, 0.717) is 0 Å². The summed E-state index contributed by atoms with van der Waals surface area (Å²) in [6.45, 7) is 14.6. The van der Waals surface area contributed by atoms with Gasteiger partial charge in [-0.2, -0.15) is 0 Å². The van der Waals surface area contributed by atoms with Crippen molar-refractivity contribution in [2.75, 3.05) is 0 Å². The van der Waals surface area contributed by atoms with Crippen LogP contribution in [0.3, 0.4) is 0 Å². The minimum atomic E-state index is -1.75. The standard InChI is InChI=1S/C16H32N2O4/c1-9(2)17(10(3)4)15(21)13(19)14(20)16(22)18(11(5)6)12(7)8/h9-14,19-20H,1-8H3. The van der Waals surface area contributed by atoms with Crippen molar-refractivity contribution in [1.29, 1.82) is 0 Å². The normalized spacial score (nSPS) is 14.6. The van der Waals surface area contributed by atoms with Gasteiger partial charge in [0.1, 0.15) is 0 Å². The summed E-state index contributed by atoms with van der Waals surface area (Å²) >= 11 is 0. The quantitative estimate of drug-likeness (QED) is 0.734. The summed E-state index contributed by atoms with van der Waals surface area (Å²) in [5.41, 5.74) is 0. The fourth-order valence-corrected chi connectivity index (χ4v) is 2.79. The number of amides is 2. The highest BCUT2D eigenvalue weighted by Gasteiger charge is 2.38. The molecule has 2 unspecified atom stereocenters. The second-order valence-electron chi connectivity index (χ2n) is 6.76. The second-order valence-corrected chi connectivity index (χ2v) is 6.76. The summed E-state index contributed by atoms with van der Waals surface area (Å²) in [4.78, 5) is 27.7. The van der Waals surface area contributed by atoms with Crippen LogP contribution in [0.1, 0.15) is 55.4 Å². The fourth-order valence-electron chi connectivity index (χ4n) is 2.79. The van der Waals surface area contributed by atoms with Crippen molar-refractivity contribution in [3.63, 3.8) is 0 Å². The van der Waals surface area contributed by atoms with Gasteiger partial charge in [-0.15, -0.1) is 0 Å². The Kier molecular flexibility index (Phi) is 8.04. The van der Waals surface area contributed by atoms with Gasteiger partial charge in [-0.1, -0.05) is 0 Å². The Morgan fingerprint density at radius 2 is 0.773 bits per heavy atom. The summed E-state index contributed by atoms with van der Waals surface area (Å²) in [5, 5.41) is 20.3. The Balaban J connectivity index is 5.23. The van der Waals surface area contributed by atoms with E-state index in [0.717, 1.165) is 0 Å². The van der Waals surface area contributed by atoms with Crippen molar-refractivity contribution in [1.82, 2.24) is 9.80 Å². The predicted octanol–water partition coefficient (Wildman–Crippen LogP) is 0.999. The first kappa shape index (κ1) is 20.9. The maximum absolute atomic E-state index is 12.4. The molecule has 130 valence electrons. The average molecular weight is 316 g/mol. The van der Waals surface area contributed by atoms with E-state index in [4.69, 9.17) is 0 Å². The predicted molar refractivity (Wildman–Crippen MR) is 86.2 cm³/mol. The topological polar surface area (TPSA) is 81.1 Å². The molecule has 0 spiro atoms. The Hall–Kier alpha value is -1.14. The molecule has 0 bridgehead atoms. The lowest BCUT2D eigenvalue weighted by Gasteiger charge is -2.36. The number of aliphatic hydroxyl groups excluding tert-OH is 2. The second kappa shape index (κ2) is 8.48. The zero-order chi connectivity index (χ0) is 17.8. The highest BCUT2D eigenvalue weighted by atomic mass is 16.3. The molecule has 0 aromatic carbocycles. The summed E-state index contributed by atoms with van der Waals surface area (Å²) in [6.07, 6.45) is -3.51. The van der Waals surface area contributed by atoms with Crippen LogP contribution in [0.15, 0.2) is 0 Å². The SMILES string of the molecule is CC(C)N(C(=O)C(O)C(O)C(=O)N(C(C)C)C(C)C)C(C)C. The first-order chi connectivity index (χ1) is 9.93. The van der Waals surface area contributed by atoms with Gasteiger partial charge in [0.15, 0.2) is 12.2 Å². The van der Waals surface area contributed by atoms with Crippen molar-refractivity contribution in [2.45, 2.75) is 91.8 Å². The van der Waals surface area contributed by atoms with Gasteiger partial charge < -0.3 is 20.0 Å². The van der Waals surface area contributed by atoms with E-state index in [1.807, 2.05) is 55.4 Å². The van der Waals surface area contributed by atoms with Crippen LogP contribution in [-0.2, 0) is 9.59 Å². The van der Waals surface area contributed by atoms with Gasteiger partial charge in [-0.3, -0.25) is 9.59 Å². The van der Waals surface area contributed by atoms with Gasteiger partial charge in [0.2, 0.25) is 0 Å². The van der Waals surface area contributed by atoms with Crippen molar-refractivity contribution >= 4 is 11.8 Å². The molecular formula is C16H32N2O4. The van der Waals surface area contributed by atoms with Gasteiger partial charge in [-0.25, -0.2) is 0 Å². The van der Waals surface area contributed by atoms with Crippen LogP contribution < -0.4 is 0 Å². The molecular weight excluding hydrogens is 284 g/mol. The zero-order valence-corrected chi connectivity index (χ0v) is 15.1. The summed E-state index contributed by atoms with van der Waals surface area (Å²) in [7, 11) is 0. The lowest BCUT2D eigenvalue weighted by molar-refractivity contribution is -0.162. The summed E-state index contributed by atoms with van der Waals surface area (Å²) in [5.74, 6) is -1.25. The molecule has 0 heterocycles. The highest BCUT2D eigenvalue weighted by molar-refractivity contribution is 5.91. The monoisotopic (exact) mass is 316 g/mol. The van der Waals surface area contributed by atoms with Gasteiger partial charge >= 0.3 is 0 Å². The van der Waals surface area contributed by atoms with Crippen molar-refractivity contribution in [3.8, 4) is 0 Å². The van der Waals surface area contributed by atoms with Crippen LogP contribution >= 0.6 is 0 Å². The Morgan fingerprint density at radius 1 is 0.591 bits per heavy atom. The highest BCUT2D eigenvalue weighted by Crippen LogP contribution is 2.14. The molecule has 0 aliphatic heterocycles. The first-order valence-electron chi connectivity index (χ1n) is 7.93. The van der Waals surface area contributed by atoms with E-state index in [1.165, 1.54) is 9.80 Å². The third-order valence-corrected chi connectivity index (χ3v) is 3.54. The number of rotatable bonds is 7. The van der Waals surface area contributed by atoms with Crippen molar-refractivity contribution in [2.24, 2.45) is 0 Å². The third-order valence-electron chi connectivity index (χ3n) is 3.54. The molecule has 22 heavy (non-hydrogen) atoms. The third kappa shape index (κ3) is 4.95.